The van der Waals surface area contributed by atoms with Crippen molar-refractivity contribution in [3.8, 4) is 0 Å². The zero-order chi connectivity index (χ0) is 27.0. The minimum Gasteiger partial charge on any atom is -0.480 e. The Morgan fingerprint density at radius 1 is 1.22 bits per heavy atom. The van der Waals surface area contributed by atoms with E-state index in [0.29, 0.717) is 29.1 Å². The molecule has 1 aromatic carbocycles. The van der Waals surface area contributed by atoms with Crippen LogP contribution in [0.2, 0.25) is 0 Å². The number of ether oxygens (including phenoxy) is 3. The molecular formula is C25H30BrN3O7S. The summed E-state index contributed by atoms with van der Waals surface area (Å²) in [5, 5.41) is 14.4. The van der Waals surface area contributed by atoms with E-state index in [9.17, 15) is 19.5 Å². The van der Waals surface area contributed by atoms with Gasteiger partial charge in [-0.2, -0.15) is 0 Å². The second kappa shape index (κ2) is 13.0. The van der Waals surface area contributed by atoms with Crippen molar-refractivity contribution in [2.45, 2.75) is 51.5 Å². The summed E-state index contributed by atoms with van der Waals surface area (Å²) in [6.45, 7) is 6.14. The first kappa shape index (κ1) is 28.6. The van der Waals surface area contributed by atoms with Crippen molar-refractivity contribution < 1.29 is 33.7 Å². The number of hydrogen-bond acceptors (Lipinski definition) is 8. The molecule has 0 saturated carbocycles. The number of carbonyl (C=O) groups excluding carboxylic acids is 2. The molecule has 1 aliphatic heterocycles. The topological polar surface area (TPSA) is 127 Å². The van der Waals surface area contributed by atoms with Crippen molar-refractivity contribution in [1.29, 1.82) is 0 Å². The molecule has 37 heavy (non-hydrogen) atoms. The SMILES string of the molecule is CC(C)(C)OC(=O)N[C@H](C(=O)O)[C@H](OCC1=CCN(C(=O)OCc2ccccc2)CC1)c1nc(Br)cs1. The first-order valence-corrected chi connectivity index (χ1v) is 13.3. The van der Waals surface area contributed by atoms with Crippen molar-refractivity contribution in [2.24, 2.45) is 0 Å². The van der Waals surface area contributed by atoms with E-state index in [4.69, 9.17) is 14.2 Å². The molecule has 0 spiro atoms. The van der Waals surface area contributed by atoms with Crippen LogP contribution in [0.15, 0.2) is 52.0 Å². The summed E-state index contributed by atoms with van der Waals surface area (Å²) in [6.07, 6.45) is 0.0605. The largest absolute Gasteiger partial charge is 0.480 e. The van der Waals surface area contributed by atoms with Crippen molar-refractivity contribution in [1.82, 2.24) is 15.2 Å². The average molecular weight is 597 g/mol. The predicted molar refractivity (Wildman–Crippen MR) is 140 cm³/mol. The van der Waals surface area contributed by atoms with E-state index in [1.165, 1.54) is 11.3 Å². The van der Waals surface area contributed by atoms with Crippen LogP contribution in [0.3, 0.4) is 0 Å². The van der Waals surface area contributed by atoms with E-state index >= 15 is 0 Å². The van der Waals surface area contributed by atoms with Crippen molar-refractivity contribution in [2.75, 3.05) is 19.7 Å². The molecule has 1 aliphatic rings. The number of halogens is 1. The Morgan fingerprint density at radius 2 is 1.95 bits per heavy atom. The maximum Gasteiger partial charge on any atom is 0.410 e. The van der Waals surface area contributed by atoms with Gasteiger partial charge >= 0.3 is 18.2 Å². The number of aromatic nitrogens is 1. The third-order valence-corrected chi connectivity index (χ3v) is 6.81. The fraction of sp³-hybridized carbons (Fsp3) is 0.440. The minimum absolute atomic E-state index is 0.106. The van der Waals surface area contributed by atoms with Gasteiger partial charge in [0.2, 0.25) is 0 Å². The molecule has 1 aromatic heterocycles. The second-order valence-electron chi connectivity index (χ2n) is 9.30. The Balaban J connectivity index is 1.62. The Kier molecular flexibility index (Phi) is 10.1. The summed E-state index contributed by atoms with van der Waals surface area (Å²) >= 11 is 4.49. The van der Waals surface area contributed by atoms with E-state index in [-0.39, 0.29) is 13.2 Å². The highest BCUT2D eigenvalue weighted by Crippen LogP contribution is 2.29. The number of amides is 2. The maximum atomic E-state index is 12.4. The van der Waals surface area contributed by atoms with Gasteiger partial charge in [-0.15, -0.1) is 11.3 Å². The lowest BCUT2D eigenvalue weighted by Gasteiger charge is -2.28. The van der Waals surface area contributed by atoms with Gasteiger partial charge in [-0.1, -0.05) is 36.4 Å². The molecule has 12 heteroatoms. The Labute approximate surface area is 227 Å². The van der Waals surface area contributed by atoms with Crippen LogP contribution in [0.5, 0.6) is 0 Å². The molecule has 0 saturated heterocycles. The lowest BCUT2D eigenvalue weighted by molar-refractivity contribution is -0.144. The summed E-state index contributed by atoms with van der Waals surface area (Å²) in [6, 6.07) is 8.01. The van der Waals surface area contributed by atoms with Crippen LogP contribution >= 0.6 is 27.3 Å². The molecule has 0 unspecified atom stereocenters. The highest BCUT2D eigenvalue weighted by molar-refractivity contribution is 9.10. The number of aliphatic carboxylic acids is 1. The molecule has 0 bridgehead atoms. The summed E-state index contributed by atoms with van der Waals surface area (Å²) in [4.78, 5) is 42.7. The number of nitrogens with one attached hydrogen (secondary N) is 1. The molecule has 200 valence electrons. The normalized spacial score (nSPS) is 15.4. The molecule has 2 heterocycles. The molecule has 2 amide bonds. The van der Waals surface area contributed by atoms with Crippen LogP contribution in [0.25, 0.3) is 0 Å². The zero-order valence-electron chi connectivity index (χ0n) is 20.8. The molecular weight excluding hydrogens is 566 g/mol. The van der Waals surface area contributed by atoms with Gasteiger partial charge in [0.25, 0.3) is 0 Å². The molecule has 2 atom stereocenters. The van der Waals surface area contributed by atoms with Gasteiger partial charge < -0.3 is 29.5 Å². The molecule has 3 rings (SSSR count). The molecule has 2 aromatic rings. The van der Waals surface area contributed by atoms with Crippen LogP contribution in [0.1, 0.15) is 43.9 Å². The number of hydrogen-bond donors (Lipinski definition) is 2. The third-order valence-electron chi connectivity index (χ3n) is 5.19. The monoisotopic (exact) mass is 595 g/mol. The van der Waals surface area contributed by atoms with E-state index < -0.39 is 35.9 Å². The summed E-state index contributed by atoms with van der Waals surface area (Å²) in [7, 11) is 0. The molecule has 0 fully saturated rings. The predicted octanol–water partition coefficient (Wildman–Crippen LogP) is 4.91. The van der Waals surface area contributed by atoms with Gasteiger partial charge in [0, 0.05) is 18.5 Å². The van der Waals surface area contributed by atoms with Crippen LogP contribution in [0.4, 0.5) is 9.59 Å². The van der Waals surface area contributed by atoms with Crippen LogP contribution < -0.4 is 5.32 Å². The molecule has 2 N–H and O–H groups in total. The summed E-state index contributed by atoms with van der Waals surface area (Å²) in [5.74, 6) is -1.29. The van der Waals surface area contributed by atoms with E-state index in [0.717, 1.165) is 11.1 Å². The molecule has 0 aliphatic carbocycles. The summed E-state index contributed by atoms with van der Waals surface area (Å²) in [5.41, 5.74) is 1.01. The number of nitrogens with zero attached hydrogens (tertiary/aromatic N) is 2. The van der Waals surface area contributed by atoms with Crippen LogP contribution in [-0.4, -0.2) is 64.5 Å². The Bertz CT molecular complexity index is 1120. The van der Waals surface area contributed by atoms with Gasteiger partial charge in [-0.3, -0.25) is 0 Å². The van der Waals surface area contributed by atoms with Crippen LogP contribution in [-0.2, 0) is 25.6 Å². The van der Waals surface area contributed by atoms with E-state index in [1.54, 1.807) is 31.1 Å². The Hall–Kier alpha value is -2.96. The van der Waals surface area contributed by atoms with Crippen molar-refractivity contribution in [3.63, 3.8) is 0 Å². The van der Waals surface area contributed by atoms with Crippen molar-refractivity contribution >= 4 is 45.4 Å². The number of thiazole rings is 1. The highest BCUT2D eigenvalue weighted by Gasteiger charge is 2.36. The first-order valence-electron chi connectivity index (χ1n) is 11.6. The quantitative estimate of drug-likeness (QED) is 0.391. The van der Waals surface area contributed by atoms with E-state index in [1.807, 2.05) is 36.4 Å². The van der Waals surface area contributed by atoms with Gasteiger partial charge in [-0.05, 0) is 54.3 Å². The fourth-order valence-corrected chi connectivity index (χ4v) is 4.77. The number of benzene rings is 1. The molecule has 0 radical (unpaired) electrons. The van der Waals surface area contributed by atoms with Crippen molar-refractivity contribution in [3.05, 3.63) is 62.5 Å². The number of rotatable bonds is 9. The second-order valence-corrected chi connectivity index (χ2v) is 11.0. The number of alkyl carbamates (subject to hydrolysis) is 1. The Morgan fingerprint density at radius 3 is 2.51 bits per heavy atom. The average Bonchev–Trinajstić information content (AvgIpc) is 3.27. The minimum atomic E-state index is -1.43. The number of carbonyl (C=O) groups is 3. The highest BCUT2D eigenvalue weighted by atomic mass is 79.9. The van der Waals surface area contributed by atoms with Gasteiger partial charge in [0.1, 0.15) is 27.9 Å². The lowest BCUT2D eigenvalue weighted by Crippen LogP contribution is -2.47. The lowest BCUT2D eigenvalue weighted by atomic mass is 10.1. The van der Waals surface area contributed by atoms with E-state index in [2.05, 4.69) is 26.2 Å². The zero-order valence-corrected chi connectivity index (χ0v) is 23.2. The van der Waals surface area contributed by atoms with Crippen LogP contribution in [0, 0.1) is 0 Å². The number of carboxylic acids is 1. The summed E-state index contributed by atoms with van der Waals surface area (Å²) < 4.78 is 17.2. The van der Waals surface area contributed by atoms with Gasteiger partial charge in [0.15, 0.2) is 6.04 Å². The standard InChI is InChI=1S/C25H30BrN3O7S/c1-25(2,3)36-23(32)28-19(22(30)31)20(21-27-18(26)15-37-21)34-13-17-9-11-29(12-10-17)24(33)35-14-16-7-5-4-6-8-16/h4-9,15,19-20H,10-14H2,1-3H3,(H,28,32)(H,30,31)/t19-,20-/m0/s1. The third kappa shape index (κ3) is 9.13. The fourth-order valence-electron chi connectivity index (χ4n) is 3.42. The smallest absolute Gasteiger partial charge is 0.410 e. The number of carboxylic acid groups (broad SMARTS) is 1. The maximum absolute atomic E-state index is 12.4. The van der Waals surface area contributed by atoms with Gasteiger partial charge in [-0.25, -0.2) is 19.4 Å². The first-order chi connectivity index (χ1) is 17.5. The molecule has 10 nitrogen and oxygen atoms in total. The van der Waals surface area contributed by atoms with Gasteiger partial charge in [0.05, 0.1) is 6.61 Å².